The Morgan fingerprint density at radius 2 is 2.00 bits per heavy atom. The molecule has 2 saturated carbocycles. The van der Waals surface area contributed by atoms with Crippen molar-refractivity contribution in [3.05, 3.63) is 11.6 Å². The molecule has 1 saturated heterocycles. The van der Waals surface area contributed by atoms with Crippen LogP contribution in [0.3, 0.4) is 0 Å². The predicted octanol–water partition coefficient (Wildman–Crippen LogP) is 1.44. The highest BCUT2D eigenvalue weighted by Crippen LogP contribution is 2.36. The first-order valence-corrected chi connectivity index (χ1v) is 9.12. The fraction of sp³-hybridized carbons (Fsp3) is 0.882. The Morgan fingerprint density at radius 1 is 1.17 bits per heavy atom. The summed E-state index contributed by atoms with van der Waals surface area (Å²) in [5, 5.41) is 19.2. The Labute approximate surface area is 137 Å². The lowest BCUT2D eigenvalue weighted by Gasteiger charge is -2.39. The van der Waals surface area contributed by atoms with Crippen molar-refractivity contribution in [2.45, 2.75) is 63.1 Å². The molecule has 3 aliphatic rings. The number of hydrogen-bond donors (Lipinski definition) is 1. The summed E-state index contributed by atoms with van der Waals surface area (Å²) >= 11 is 0. The third-order valence-corrected chi connectivity index (χ3v) is 6.12. The summed E-state index contributed by atoms with van der Waals surface area (Å²) in [7, 11) is 2.10. The zero-order chi connectivity index (χ0) is 15.8. The van der Waals surface area contributed by atoms with Gasteiger partial charge in [0.25, 0.3) is 0 Å². The van der Waals surface area contributed by atoms with Crippen LogP contribution in [0.15, 0.2) is 0 Å². The lowest BCUT2D eigenvalue weighted by molar-refractivity contribution is -0.0548. The molecule has 6 nitrogen and oxygen atoms in total. The highest BCUT2D eigenvalue weighted by Gasteiger charge is 2.38. The topological polar surface area (TPSA) is 63.4 Å². The number of aliphatic hydroxyl groups excluding tert-OH is 1. The molecule has 3 fully saturated rings. The first-order valence-electron chi connectivity index (χ1n) is 9.12. The van der Waals surface area contributed by atoms with Gasteiger partial charge in [-0.15, -0.1) is 10.2 Å². The second-order valence-corrected chi connectivity index (χ2v) is 7.44. The number of aliphatic hydroxyl groups is 1. The molecule has 4 rings (SSSR count). The molecule has 0 bridgehead atoms. The molecule has 6 heteroatoms. The molecule has 1 aliphatic heterocycles. The van der Waals surface area contributed by atoms with Gasteiger partial charge in [0.05, 0.1) is 25.9 Å². The van der Waals surface area contributed by atoms with Gasteiger partial charge in [-0.2, -0.15) is 0 Å². The average Bonchev–Trinajstić information content (AvgIpc) is 3.07. The average molecular weight is 320 g/mol. The lowest BCUT2D eigenvalue weighted by Crippen LogP contribution is -2.50. The number of nitrogens with zero attached hydrogens (tertiary/aromatic N) is 4. The van der Waals surface area contributed by atoms with Crippen molar-refractivity contribution >= 4 is 0 Å². The quantitative estimate of drug-likeness (QED) is 0.909. The van der Waals surface area contributed by atoms with Crippen LogP contribution < -0.4 is 0 Å². The Bertz CT molecular complexity index is 543. The zero-order valence-corrected chi connectivity index (χ0v) is 14.0. The van der Waals surface area contributed by atoms with Crippen LogP contribution in [0.2, 0.25) is 0 Å². The summed E-state index contributed by atoms with van der Waals surface area (Å²) < 4.78 is 7.91. The van der Waals surface area contributed by atoms with Crippen molar-refractivity contribution in [1.29, 1.82) is 0 Å². The standard InChI is InChI=1S/C17H28N4O2/c1-20-16(18-19-17(20)12-4-2-5-12)10-21-8-9-23-11-14(21)13-6-3-7-15(13)22/h12-15,22H,2-11H2,1H3/t13-,14+,15+/m0/s1. The minimum atomic E-state index is -0.172. The fourth-order valence-electron chi connectivity index (χ4n) is 4.38. The van der Waals surface area contributed by atoms with Crippen LogP contribution in [-0.4, -0.2) is 56.7 Å². The molecule has 0 amide bonds. The Kier molecular flexibility index (Phi) is 4.39. The maximum Gasteiger partial charge on any atom is 0.146 e. The summed E-state index contributed by atoms with van der Waals surface area (Å²) in [6.45, 7) is 3.23. The van der Waals surface area contributed by atoms with E-state index in [0.717, 1.165) is 57.2 Å². The summed E-state index contributed by atoms with van der Waals surface area (Å²) in [6.07, 6.45) is 6.82. The van der Waals surface area contributed by atoms with Gasteiger partial charge in [-0.05, 0) is 25.7 Å². The molecule has 23 heavy (non-hydrogen) atoms. The van der Waals surface area contributed by atoms with Crippen molar-refractivity contribution in [2.75, 3.05) is 19.8 Å². The molecular formula is C17H28N4O2. The molecule has 0 aromatic carbocycles. The molecular weight excluding hydrogens is 292 g/mol. The third-order valence-electron chi connectivity index (χ3n) is 6.12. The minimum absolute atomic E-state index is 0.172. The summed E-state index contributed by atoms with van der Waals surface area (Å²) in [4.78, 5) is 2.46. The van der Waals surface area contributed by atoms with Crippen LogP contribution in [0.5, 0.6) is 0 Å². The number of hydrogen-bond acceptors (Lipinski definition) is 5. The van der Waals surface area contributed by atoms with Gasteiger partial charge in [0.1, 0.15) is 11.6 Å². The maximum atomic E-state index is 10.3. The first kappa shape index (κ1) is 15.5. The van der Waals surface area contributed by atoms with E-state index in [4.69, 9.17) is 4.74 Å². The van der Waals surface area contributed by atoms with Crippen LogP contribution in [0, 0.1) is 5.92 Å². The van der Waals surface area contributed by atoms with Crippen molar-refractivity contribution in [1.82, 2.24) is 19.7 Å². The van der Waals surface area contributed by atoms with Crippen molar-refractivity contribution in [3.63, 3.8) is 0 Å². The van der Waals surface area contributed by atoms with Gasteiger partial charge in [-0.25, -0.2) is 0 Å². The molecule has 2 aliphatic carbocycles. The van der Waals surface area contributed by atoms with Gasteiger partial charge in [0.15, 0.2) is 0 Å². The summed E-state index contributed by atoms with van der Waals surface area (Å²) in [5.74, 6) is 3.15. The molecule has 1 aromatic rings. The Hall–Kier alpha value is -0.980. The van der Waals surface area contributed by atoms with E-state index in [9.17, 15) is 5.11 Å². The van der Waals surface area contributed by atoms with Crippen molar-refractivity contribution in [2.24, 2.45) is 13.0 Å². The second-order valence-electron chi connectivity index (χ2n) is 7.44. The minimum Gasteiger partial charge on any atom is -0.393 e. The van der Waals surface area contributed by atoms with E-state index in [1.807, 2.05) is 0 Å². The fourth-order valence-corrected chi connectivity index (χ4v) is 4.38. The first-order chi connectivity index (χ1) is 11.2. The van der Waals surface area contributed by atoms with Gasteiger partial charge < -0.3 is 14.4 Å². The van der Waals surface area contributed by atoms with Gasteiger partial charge in [-0.3, -0.25) is 4.90 Å². The number of morpholine rings is 1. The van der Waals surface area contributed by atoms with Crippen molar-refractivity contribution < 1.29 is 9.84 Å². The van der Waals surface area contributed by atoms with E-state index in [2.05, 4.69) is 26.7 Å². The van der Waals surface area contributed by atoms with Crippen LogP contribution >= 0.6 is 0 Å². The van der Waals surface area contributed by atoms with E-state index in [1.54, 1.807) is 0 Å². The Morgan fingerprint density at radius 3 is 2.70 bits per heavy atom. The van der Waals surface area contributed by atoms with Crippen LogP contribution in [0.1, 0.15) is 56.1 Å². The summed E-state index contributed by atoms with van der Waals surface area (Å²) in [5.41, 5.74) is 0. The highest BCUT2D eigenvalue weighted by atomic mass is 16.5. The van der Waals surface area contributed by atoms with E-state index >= 15 is 0 Å². The second kappa shape index (κ2) is 6.49. The third kappa shape index (κ3) is 2.92. The molecule has 0 spiro atoms. The van der Waals surface area contributed by atoms with Crippen LogP contribution in [-0.2, 0) is 18.3 Å². The normalized spacial score (nSPS) is 33.0. The maximum absolute atomic E-state index is 10.3. The molecule has 3 atom stereocenters. The summed E-state index contributed by atoms with van der Waals surface area (Å²) in [6, 6.07) is 0.310. The SMILES string of the molecule is Cn1c(CN2CCOC[C@@H]2[C@@H]2CCC[C@H]2O)nnc1C1CCC1. The number of aromatic nitrogens is 3. The van der Waals surface area contributed by atoms with Gasteiger partial charge in [0.2, 0.25) is 0 Å². The molecule has 0 radical (unpaired) electrons. The smallest absolute Gasteiger partial charge is 0.146 e. The predicted molar refractivity (Wildman–Crippen MR) is 86.0 cm³/mol. The van der Waals surface area contributed by atoms with E-state index in [1.165, 1.54) is 19.3 Å². The molecule has 2 heterocycles. The van der Waals surface area contributed by atoms with E-state index in [0.29, 0.717) is 17.9 Å². The molecule has 1 aromatic heterocycles. The molecule has 128 valence electrons. The van der Waals surface area contributed by atoms with Gasteiger partial charge in [0, 0.05) is 31.5 Å². The highest BCUT2D eigenvalue weighted by molar-refractivity contribution is 5.05. The molecule has 1 N–H and O–H groups in total. The number of rotatable bonds is 4. The van der Waals surface area contributed by atoms with E-state index < -0.39 is 0 Å². The Balaban J connectivity index is 1.48. The van der Waals surface area contributed by atoms with E-state index in [-0.39, 0.29) is 6.10 Å². The molecule has 0 unspecified atom stereocenters. The van der Waals surface area contributed by atoms with Gasteiger partial charge in [-0.1, -0.05) is 12.8 Å². The van der Waals surface area contributed by atoms with Crippen molar-refractivity contribution in [3.8, 4) is 0 Å². The van der Waals surface area contributed by atoms with Crippen LogP contribution in [0.25, 0.3) is 0 Å². The zero-order valence-electron chi connectivity index (χ0n) is 14.0. The van der Waals surface area contributed by atoms with Crippen LogP contribution in [0.4, 0.5) is 0 Å². The van der Waals surface area contributed by atoms with Gasteiger partial charge >= 0.3 is 0 Å². The largest absolute Gasteiger partial charge is 0.393 e. The number of ether oxygens (including phenoxy) is 1. The lowest BCUT2D eigenvalue weighted by atomic mass is 9.85. The monoisotopic (exact) mass is 320 g/mol.